The average Bonchev–Trinajstić information content (AvgIpc) is 1.57. The van der Waals surface area contributed by atoms with E-state index in [0.29, 0.717) is 30.3 Å². The van der Waals surface area contributed by atoms with Crippen molar-refractivity contribution in [2.24, 2.45) is 17.8 Å². The van der Waals surface area contributed by atoms with Crippen LogP contribution in [0.4, 0.5) is 0 Å². The first-order chi connectivity index (χ1) is 40.4. The summed E-state index contributed by atoms with van der Waals surface area (Å²) in [6.45, 7) is 26.1. The number of hydrogen-bond acceptors (Lipinski definition) is 15. The molecule has 16 heteroatoms. The van der Waals surface area contributed by atoms with Crippen molar-refractivity contribution >= 4 is 34.5 Å². The van der Waals surface area contributed by atoms with Gasteiger partial charge in [-0.3, -0.25) is 4.18 Å². The number of methoxy groups -OCH3 is 3. The van der Waals surface area contributed by atoms with Crippen LogP contribution < -0.4 is 0 Å². The van der Waals surface area contributed by atoms with Gasteiger partial charge in [0.1, 0.15) is 22.9 Å². The Morgan fingerprint density at radius 2 is 0.885 bits per heavy atom. The van der Waals surface area contributed by atoms with E-state index in [9.17, 15) is 13.5 Å². The van der Waals surface area contributed by atoms with Crippen molar-refractivity contribution in [2.75, 3.05) is 58.9 Å². The Morgan fingerprint density at radius 3 is 1.24 bits per heavy atom. The lowest BCUT2D eigenvalue weighted by molar-refractivity contribution is -0.116. The lowest BCUT2D eigenvalue weighted by atomic mass is 9.68. The van der Waals surface area contributed by atoms with Gasteiger partial charge < -0.3 is 47.7 Å². The van der Waals surface area contributed by atoms with Gasteiger partial charge in [0.2, 0.25) is 0 Å². The number of allylic oxidation sites excluding steroid dienone is 3. The zero-order valence-corrected chi connectivity index (χ0v) is 58.5. The van der Waals surface area contributed by atoms with E-state index in [1.165, 1.54) is 138 Å². The molecule has 0 aromatic heterocycles. The van der Waals surface area contributed by atoms with E-state index in [4.69, 9.17) is 46.8 Å². The quantitative estimate of drug-likeness (QED) is 0.0215. The third-order valence-electron chi connectivity index (χ3n) is 20.4. The summed E-state index contributed by atoms with van der Waals surface area (Å²) in [6.07, 6.45) is 37.8. The van der Waals surface area contributed by atoms with Crippen LogP contribution in [0.5, 0.6) is 0 Å². The Balaban J connectivity index is 0.000000258. The van der Waals surface area contributed by atoms with Crippen molar-refractivity contribution in [2.45, 2.75) is 339 Å². The topological polar surface area (TPSA) is 166 Å². The molecule has 0 radical (unpaired) electrons. The van der Waals surface area contributed by atoms with E-state index in [0.717, 1.165) is 63.7 Å². The number of epoxide rings is 6. The van der Waals surface area contributed by atoms with Gasteiger partial charge in [0.05, 0.1) is 97.4 Å². The zero-order chi connectivity index (χ0) is 62.3. The number of thioether (sulfide) groups is 1. The molecule has 6 heterocycles. The Kier molecular flexibility index (Phi) is 32.5. The summed E-state index contributed by atoms with van der Waals surface area (Å²) in [5, 5.41) is 10.8. The molecule has 13 nitrogen and oxygen atoms in total. The van der Waals surface area contributed by atoms with Crippen molar-refractivity contribution in [3.8, 4) is 0 Å². The number of unbranched alkanes of at least 4 members (excludes halogenated alkanes) is 14. The van der Waals surface area contributed by atoms with Crippen molar-refractivity contribution in [3.05, 3.63) is 34.9 Å². The fourth-order valence-corrected chi connectivity index (χ4v) is 17.4. The molecule has 6 saturated heterocycles. The number of ether oxygens (including phenoxy) is 9. The highest BCUT2D eigenvalue weighted by atomic mass is 32.2. The first-order valence-corrected chi connectivity index (χ1v) is 37.1. The van der Waals surface area contributed by atoms with Crippen molar-refractivity contribution in [3.63, 3.8) is 0 Å². The summed E-state index contributed by atoms with van der Waals surface area (Å²) in [5.41, 5.74) is 2.89. The summed E-state index contributed by atoms with van der Waals surface area (Å²) in [6, 6.07) is 0. The molecule has 0 unspecified atom stereocenters. The molecule has 0 bridgehead atoms. The number of aliphatic hydroxyl groups excluding tert-OH is 1. The van der Waals surface area contributed by atoms with Crippen molar-refractivity contribution < 1.29 is 60.3 Å². The third-order valence-corrected chi connectivity index (χ3v) is 22.7. The second-order valence-corrected chi connectivity index (χ2v) is 31.5. The zero-order valence-electron chi connectivity index (χ0n) is 56.0. The highest BCUT2D eigenvalue weighted by Crippen LogP contribution is 2.63. The minimum atomic E-state index is -3.54. The van der Waals surface area contributed by atoms with Gasteiger partial charge in [-0.15, -0.1) is 0 Å². The van der Waals surface area contributed by atoms with Gasteiger partial charge in [-0.25, -0.2) is 0 Å². The van der Waals surface area contributed by atoms with Crippen LogP contribution in [0.2, 0.25) is 0 Å². The molecular formula is C71H130O13S3. The molecule has 3 saturated carbocycles. The number of hydrogen-bond donors (Lipinski definition) is 2. The summed E-state index contributed by atoms with van der Waals surface area (Å²) in [5.74, 6) is 2.77. The van der Waals surface area contributed by atoms with Crippen LogP contribution in [-0.4, -0.2) is 160 Å². The predicted octanol–water partition coefficient (Wildman–Crippen LogP) is 16.4. The van der Waals surface area contributed by atoms with E-state index in [1.54, 1.807) is 14.2 Å². The molecule has 3 aliphatic carbocycles. The second-order valence-electron chi connectivity index (χ2n) is 28.1. The average molecular weight is 1290 g/mol. The molecule has 3 spiro atoms. The third kappa shape index (κ3) is 22.0. The maximum absolute atomic E-state index is 11.6. The van der Waals surface area contributed by atoms with E-state index < -0.39 is 22.3 Å². The van der Waals surface area contributed by atoms with Crippen LogP contribution in [0.1, 0.15) is 252 Å². The van der Waals surface area contributed by atoms with Crippen LogP contribution in [0.3, 0.4) is 0 Å². The largest absolute Gasteiger partial charge is 0.390 e. The van der Waals surface area contributed by atoms with E-state index in [2.05, 4.69) is 119 Å². The first-order valence-electron chi connectivity index (χ1n) is 33.6. The molecule has 510 valence electrons. The Hall–Kier alpha value is -0.570. The van der Waals surface area contributed by atoms with Gasteiger partial charge in [0.25, 0.3) is 10.1 Å². The lowest BCUT2D eigenvalue weighted by Crippen LogP contribution is -2.55. The fourth-order valence-electron chi connectivity index (χ4n) is 15.1. The Labute approximate surface area is 542 Å². The number of aliphatic hydroxyl groups is 1. The molecule has 6 aliphatic heterocycles. The van der Waals surface area contributed by atoms with E-state index in [1.807, 2.05) is 7.11 Å². The second kappa shape index (κ2) is 35.8. The molecule has 18 atom stereocenters. The summed E-state index contributed by atoms with van der Waals surface area (Å²) >= 11 is 6.33. The molecule has 9 aliphatic rings. The van der Waals surface area contributed by atoms with Gasteiger partial charge in [0, 0.05) is 32.5 Å². The normalized spacial score (nSPS) is 37.9. The lowest BCUT2D eigenvalue weighted by Gasteiger charge is -2.43. The molecule has 0 aromatic carbocycles. The summed E-state index contributed by atoms with van der Waals surface area (Å²) in [7, 11) is 1.65. The molecule has 1 N–H and O–H groups in total. The molecule has 87 heavy (non-hydrogen) atoms. The predicted molar refractivity (Wildman–Crippen MR) is 363 cm³/mol. The first kappa shape index (κ1) is 78.9. The van der Waals surface area contributed by atoms with Gasteiger partial charge >= 0.3 is 0 Å². The smallest absolute Gasteiger partial charge is 0.264 e. The maximum atomic E-state index is 11.6. The van der Waals surface area contributed by atoms with Crippen LogP contribution in [0.15, 0.2) is 34.9 Å². The van der Waals surface area contributed by atoms with E-state index >= 15 is 0 Å². The number of rotatable bonds is 32. The summed E-state index contributed by atoms with van der Waals surface area (Å²) in [4.78, 5) is 0. The van der Waals surface area contributed by atoms with Crippen molar-refractivity contribution in [1.82, 2.24) is 0 Å². The highest BCUT2D eigenvalue weighted by molar-refractivity contribution is 7.99. The van der Waals surface area contributed by atoms with Crippen LogP contribution in [0.25, 0.3) is 0 Å². The van der Waals surface area contributed by atoms with Crippen molar-refractivity contribution in [1.29, 1.82) is 0 Å². The van der Waals surface area contributed by atoms with Crippen LogP contribution in [0, 0.1) is 17.8 Å². The van der Waals surface area contributed by atoms with Gasteiger partial charge in [0.15, 0.2) is 0 Å². The molecule has 9 rings (SSSR count). The number of thiol groups is 1. The van der Waals surface area contributed by atoms with Crippen LogP contribution in [-0.2, 0) is 56.9 Å². The Morgan fingerprint density at radius 1 is 0.540 bits per heavy atom. The minimum Gasteiger partial charge on any atom is -0.390 e. The van der Waals surface area contributed by atoms with Gasteiger partial charge in [-0.2, -0.15) is 32.8 Å². The minimum absolute atomic E-state index is 0. The van der Waals surface area contributed by atoms with E-state index in [-0.39, 0.29) is 90.8 Å². The monoisotopic (exact) mass is 1290 g/mol. The van der Waals surface area contributed by atoms with Crippen LogP contribution >= 0.6 is 24.4 Å². The van der Waals surface area contributed by atoms with Gasteiger partial charge in [-0.05, 0) is 144 Å². The standard InChI is InChI=1S/C26H46O3S.C17H28O6S.C16H26O4.C10H22S.2CH4/c1-6-7-8-9-10-11-12-13-18-30-21-16-17-26(19-28-26)24(23(21)27-5)25(4)22(29-25)15-14-20(2)3;1-11(2)6-7-13-16(3,22-13)15-14(20-4)12(23-24(5,18)19)8-9-17(15)10-21-17;1-10(2)5-6-12-15(3,20-12)14-13(18-4)11(17)7-8-16(14)9-19-16;1-2-3-4-5-6-7-8-9-10-11;;/h14,21-24H,6-13,15-19H2,1-5H3;6,12-15H,7-10H2,1-5H3;5,11-14,17H,6-9H2,1-4H3;11H,2-10H2,1H3;2*1H4/t21-,22-,23-,24-,25+,26+;12-,13+,14+,15+,16-,17-;11-,12+,13+,14+,15-,16-;;;/m100.../s1. The SMILES string of the molecule is C.C.CCCCCCCCCCS.CCCCCCCCCCS[C@@H]1CC[C@]2(CO2)[C@@H]([C@@]2(C)O[C@@H]2CC=C(C)C)[C@@H]1OC.CO[C@@H]1[C@@H](O)CC[C@]2(CO2)[C@H]1[C@@]1(C)O[C@@H]1CC=C(C)C.CO[C@@H]1[C@@H](OS(C)(=O)=O)CC[C@]2(CO2)[C@H]1[C@@]1(C)O[C@@H]1CC=C(C)C. The molecule has 0 amide bonds. The molecular weight excluding hydrogens is 1160 g/mol. The molecule has 0 aromatic rings. The Bertz CT molecular complexity index is 2190. The maximum Gasteiger partial charge on any atom is 0.264 e. The van der Waals surface area contributed by atoms with Gasteiger partial charge in [-0.1, -0.05) is 154 Å². The summed E-state index contributed by atoms with van der Waals surface area (Å²) < 4.78 is 82.1. The fraction of sp³-hybridized carbons (Fsp3) is 0.915. The molecule has 9 fully saturated rings. The highest BCUT2D eigenvalue weighted by Gasteiger charge is 2.74.